The second-order valence-electron chi connectivity index (χ2n) is 5.88. The molecule has 4 rings (SSSR count). The molecule has 1 aromatic carbocycles. The molecule has 0 aliphatic rings. The first-order valence-electron chi connectivity index (χ1n) is 8.29. The summed E-state index contributed by atoms with van der Waals surface area (Å²) >= 11 is 1.66. The van der Waals surface area contributed by atoms with Crippen LogP contribution >= 0.6 is 11.3 Å². The first-order chi connectivity index (χ1) is 12.8. The molecule has 0 unspecified atom stereocenters. The van der Waals surface area contributed by atoms with Crippen molar-refractivity contribution in [1.82, 2.24) is 5.32 Å². The number of nitrogens with one attached hydrogen (secondary N) is 1. The Hall–Kier alpha value is -3.05. The van der Waals surface area contributed by atoms with Gasteiger partial charge >= 0.3 is 0 Å². The van der Waals surface area contributed by atoms with E-state index in [1.165, 1.54) is 0 Å². The van der Waals surface area contributed by atoms with Gasteiger partial charge < -0.3 is 14.2 Å². The van der Waals surface area contributed by atoms with Gasteiger partial charge in [-0.15, -0.1) is 0 Å². The smallest absolute Gasteiger partial charge is 0.251 e. The lowest BCUT2D eigenvalue weighted by Gasteiger charge is -2.13. The molecule has 4 nitrogen and oxygen atoms in total. The lowest BCUT2D eigenvalue weighted by Crippen LogP contribution is -2.28. The molecular formula is C21H17NO3S. The molecule has 3 aromatic heterocycles. The van der Waals surface area contributed by atoms with Crippen LogP contribution in [0, 0.1) is 0 Å². The zero-order valence-electron chi connectivity index (χ0n) is 13.9. The van der Waals surface area contributed by atoms with Crippen LogP contribution in [0.4, 0.5) is 0 Å². The molecular weight excluding hydrogens is 346 g/mol. The van der Waals surface area contributed by atoms with Gasteiger partial charge in [-0.25, -0.2) is 0 Å². The van der Waals surface area contributed by atoms with Crippen LogP contribution in [-0.4, -0.2) is 12.5 Å². The Morgan fingerprint density at radius 1 is 0.923 bits per heavy atom. The van der Waals surface area contributed by atoms with Gasteiger partial charge in [0.15, 0.2) is 0 Å². The molecule has 0 radical (unpaired) electrons. The van der Waals surface area contributed by atoms with Crippen molar-refractivity contribution in [1.29, 1.82) is 0 Å². The van der Waals surface area contributed by atoms with Crippen molar-refractivity contribution in [3.8, 4) is 11.1 Å². The van der Waals surface area contributed by atoms with Gasteiger partial charge in [-0.3, -0.25) is 4.79 Å². The van der Waals surface area contributed by atoms with E-state index < -0.39 is 0 Å². The van der Waals surface area contributed by atoms with Crippen molar-refractivity contribution in [2.45, 2.75) is 5.92 Å². The van der Waals surface area contributed by atoms with E-state index in [9.17, 15) is 4.79 Å². The molecule has 0 spiro atoms. The van der Waals surface area contributed by atoms with Gasteiger partial charge in [-0.05, 0) is 64.4 Å². The molecule has 0 saturated carbocycles. The van der Waals surface area contributed by atoms with Crippen molar-refractivity contribution < 1.29 is 13.6 Å². The van der Waals surface area contributed by atoms with E-state index in [1.54, 1.807) is 23.9 Å². The summed E-state index contributed by atoms with van der Waals surface area (Å²) in [4.78, 5) is 12.5. The predicted octanol–water partition coefficient (Wildman–Crippen LogP) is 5.16. The third kappa shape index (κ3) is 3.48. The second kappa shape index (κ2) is 7.45. The van der Waals surface area contributed by atoms with E-state index in [4.69, 9.17) is 8.83 Å². The molecule has 4 aromatic rings. The first-order valence-corrected chi connectivity index (χ1v) is 9.23. The van der Waals surface area contributed by atoms with Crippen LogP contribution in [0.5, 0.6) is 0 Å². The van der Waals surface area contributed by atoms with E-state index in [2.05, 4.69) is 16.8 Å². The van der Waals surface area contributed by atoms with Gasteiger partial charge in [0.25, 0.3) is 5.91 Å². The number of carbonyl (C=O) groups excluding carboxylic acids is 1. The zero-order chi connectivity index (χ0) is 17.8. The van der Waals surface area contributed by atoms with E-state index in [0.717, 1.165) is 22.6 Å². The number of rotatable bonds is 6. The molecule has 0 aliphatic heterocycles. The van der Waals surface area contributed by atoms with Gasteiger partial charge in [-0.1, -0.05) is 12.1 Å². The summed E-state index contributed by atoms with van der Waals surface area (Å²) in [5, 5.41) is 7.10. The maximum atomic E-state index is 12.5. The predicted molar refractivity (Wildman–Crippen MR) is 101 cm³/mol. The molecule has 3 heterocycles. The summed E-state index contributed by atoms with van der Waals surface area (Å²) in [6.07, 6.45) is 3.24. The van der Waals surface area contributed by atoms with Gasteiger partial charge in [0.2, 0.25) is 0 Å². The van der Waals surface area contributed by atoms with Crippen LogP contribution in [0.25, 0.3) is 11.1 Å². The zero-order valence-corrected chi connectivity index (χ0v) is 14.7. The van der Waals surface area contributed by atoms with Gasteiger partial charge in [0.05, 0.1) is 18.4 Å². The molecule has 1 amide bonds. The van der Waals surface area contributed by atoms with E-state index in [0.29, 0.717) is 12.1 Å². The highest BCUT2D eigenvalue weighted by molar-refractivity contribution is 7.08. The Labute approximate surface area is 155 Å². The number of amides is 1. The molecule has 0 aliphatic carbocycles. The Morgan fingerprint density at radius 3 is 2.15 bits per heavy atom. The molecule has 0 fully saturated rings. The van der Waals surface area contributed by atoms with E-state index in [1.807, 2.05) is 53.9 Å². The first kappa shape index (κ1) is 16.4. The quantitative estimate of drug-likeness (QED) is 0.514. The monoisotopic (exact) mass is 363 g/mol. The van der Waals surface area contributed by atoms with E-state index in [-0.39, 0.29) is 11.8 Å². The minimum atomic E-state index is -0.158. The minimum Gasteiger partial charge on any atom is -0.469 e. The van der Waals surface area contributed by atoms with Gasteiger partial charge in [0, 0.05) is 12.1 Å². The highest BCUT2D eigenvalue weighted by Gasteiger charge is 2.21. The Kier molecular flexibility index (Phi) is 4.71. The Morgan fingerprint density at radius 2 is 1.62 bits per heavy atom. The molecule has 0 atom stereocenters. The summed E-state index contributed by atoms with van der Waals surface area (Å²) in [5.74, 6) is 1.24. The van der Waals surface area contributed by atoms with Crippen molar-refractivity contribution in [3.63, 3.8) is 0 Å². The van der Waals surface area contributed by atoms with Gasteiger partial charge in [0.1, 0.15) is 11.5 Å². The molecule has 1 N–H and O–H groups in total. The summed E-state index contributed by atoms with van der Waals surface area (Å²) in [7, 11) is 0. The maximum Gasteiger partial charge on any atom is 0.251 e. The van der Waals surface area contributed by atoms with Crippen LogP contribution in [0.1, 0.15) is 27.8 Å². The van der Waals surface area contributed by atoms with Crippen LogP contribution in [0.15, 0.2) is 86.7 Å². The second-order valence-corrected chi connectivity index (χ2v) is 6.66. The normalized spacial score (nSPS) is 11.0. The van der Waals surface area contributed by atoms with E-state index >= 15 is 0 Å². The average Bonchev–Trinajstić information content (AvgIpc) is 3.45. The number of thiophene rings is 1. The summed E-state index contributed by atoms with van der Waals surface area (Å²) < 4.78 is 11.0. The van der Waals surface area contributed by atoms with Crippen molar-refractivity contribution in [3.05, 3.63) is 95.0 Å². The lowest BCUT2D eigenvalue weighted by molar-refractivity contribution is 0.0951. The molecule has 0 bridgehead atoms. The van der Waals surface area contributed by atoms with Crippen LogP contribution in [0.2, 0.25) is 0 Å². The van der Waals surface area contributed by atoms with Crippen LogP contribution in [-0.2, 0) is 0 Å². The van der Waals surface area contributed by atoms with Crippen molar-refractivity contribution >= 4 is 17.2 Å². The SMILES string of the molecule is O=C(NCC(c1ccco1)c1ccco1)c1ccc(-c2ccsc2)cc1. The summed E-state index contributed by atoms with van der Waals surface area (Å²) in [6.45, 7) is 0.395. The lowest BCUT2D eigenvalue weighted by atomic mass is 10.0. The summed E-state index contributed by atoms with van der Waals surface area (Å²) in [6, 6.07) is 17.1. The summed E-state index contributed by atoms with van der Waals surface area (Å²) in [5.41, 5.74) is 2.89. The highest BCUT2D eigenvalue weighted by Crippen LogP contribution is 2.25. The fourth-order valence-corrected chi connectivity index (χ4v) is 3.53. The Balaban J connectivity index is 1.45. The third-order valence-corrected chi connectivity index (χ3v) is 4.92. The van der Waals surface area contributed by atoms with Crippen LogP contribution < -0.4 is 5.32 Å². The average molecular weight is 363 g/mol. The number of hydrogen-bond acceptors (Lipinski definition) is 4. The topological polar surface area (TPSA) is 55.4 Å². The number of hydrogen-bond donors (Lipinski definition) is 1. The molecule has 130 valence electrons. The minimum absolute atomic E-state index is 0.120. The number of carbonyl (C=O) groups is 1. The van der Waals surface area contributed by atoms with Crippen LogP contribution in [0.3, 0.4) is 0 Å². The third-order valence-electron chi connectivity index (χ3n) is 4.24. The number of benzene rings is 1. The largest absolute Gasteiger partial charge is 0.469 e. The van der Waals surface area contributed by atoms with Gasteiger partial charge in [-0.2, -0.15) is 11.3 Å². The van der Waals surface area contributed by atoms with Crippen molar-refractivity contribution in [2.75, 3.05) is 6.54 Å². The molecule has 0 saturated heterocycles. The molecule has 26 heavy (non-hydrogen) atoms. The molecule has 5 heteroatoms. The van der Waals surface area contributed by atoms with Crippen molar-refractivity contribution in [2.24, 2.45) is 0 Å². The maximum absolute atomic E-state index is 12.5. The number of furan rings is 2. The Bertz CT molecular complexity index is 905. The highest BCUT2D eigenvalue weighted by atomic mass is 32.1. The fraction of sp³-hybridized carbons (Fsp3) is 0.0952. The standard InChI is InChI=1S/C21H17NO3S/c23-21(16-7-5-15(6-8-16)17-9-12-26-14-17)22-13-18(19-3-1-10-24-19)20-4-2-11-25-20/h1-12,14,18H,13H2,(H,22,23). The fourth-order valence-electron chi connectivity index (χ4n) is 2.86.